The van der Waals surface area contributed by atoms with Crippen molar-refractivity contribution in [3.63, 3.8) is 0 Å². The number of ketones is 3. The van der Waals surface area contributed by atoms with Gasteiger partial charge in [-0.3, -0.25) is 19.2 Å². The minimum Gasteiger partial charge on any atom is -0.469 e. The predicted octanol–water partition coefficient (Wildman–Crippen LogP) is 5.80. The van der Waals surface area contributed by atoms with Gasteiger partial charge in [-0.15, -0.1) is 0 Å². The summed E-state index contributed by atoms with van der Waals surface area (Å²) in [6.07, 6.45) is 12.1. The second-order valence-corrected chi connectivity index (χ2v) is 18.0. The number of Topliss-reactive ketones (excluding diaryl/α,β-unsaturated/α-hetero) is 2. The molecule has 5 N–H and O–H groups in total. The van der Waals surface area contributed by atoms with Crippen molar-refractivity contribution in [3.8, 4) is 0 Å². The van der Waals surface area contributed by atoms with Gasteiger partial charge in [0.15, 0.2) is 17.2 Å². The first-order valence-electron chi connectivity index (χ1n) is 20.7. The molecule has 0 heterocycles. The molecule has 12 heteroatoms. The van der Waals surface area contributed by atoms with Crippen molar-refractivity contribution in [3.05, 3.63) is 36.0 Å². The first-order valence-corrected chi connectivity index (χ1v) is 20.7. The first-order chi connectivity index (χ1) is 26.2. The standard InChI is InChI=1S/C22H28F2O5.C22H38O5/c1-11-6-13-14-8-16(23)15-7-12(26)4-5-19(15,2)21(14,24)17(27)9-20(13,3)22(11,29)18(28)10-25;1-4-5-14-22(2,26)15-10-12-18-17(19(23)16-20(18)24)11-8-6-7-9-13-21(25)27-3/h4-5,7,11,13-14,16-17,25,27,29H,6,8-10H2,1-3H3;10,12,17-18,20,24,26H,4-9,11,13-16H2,1-3H3/b;12-10+/t11-,13-,14-,16-,17-,19-,20-,21-,22-;17-,18-,20-,22?/m01/s1. The lowest BCUT2D eigenvalue weighted by Crippen LogP contribution is -2.70. The van der Waals surface area contributed by atoms with Gasteiger partial charge < -0.3 is 30.3 Å². The van der Waals surface area contributed by atoms with E-state index in [1.165, 1.54) is 26.2 Å². The average Bonchev–Trinajstić information content (AvgIpc) is 3.53. The Morgan fingerprint density at radius 2 is 1.75 bits per heavy atom. The Kier molecular flexibility index (Phi) is 14.9. The molecule has 4 fully saturated rings. The summed E-state index contributed by atoms with van der Waals surface area (Å²) in [7, 11) is 1.40. The number of unbranched alkanes of at least 4 members (excludes halogenated alkanes) is 4. The Bertz CT molecular complexity index is 1540. The quantitative estimate of drug-likeness (QED) is 0.0774. The molecule has 5 rings (SSSR count). The van der Waals surface area contributed by atoms with Crippen LogP contribution in [0.3, 0.4) is 0 Å². The molecule has 0 aromatic heterocycles. The third kappa shape index (κ3) is 8.56. The van der Waals surface area contributed by atoms with Crippen molar-refractivity contribution in [2.75, 3.05) is 13.7 Å². The van der Waals surface area contributed by atoms with Gasteiger partial charge in [0, 0.05) is 41.4 Å². The fourth-order valence-electron chi connectivity index (χ4n) is 11.1. The summed E-state index contributed by atoms with van der Waals surface area (Å²) in [5, 5.41) is 52.5. The highest BCUT2D eigenvalue weighted by Crippen LogP contribution is 2.71. The molecule has 0 spiro atoms. The Balaban J connectivity index is 0.000000250. The number of carbonyl (C=O) groups is 4. The van der Waals surface area contributed by atoms with E-state index in [1.807, 2.05) is 19.1 Å². The second kappa shape index (κ2) is 18.1. The predicted molar refractivity (Wildman–Crippen MR) is 206 cm³/mol. The number of allylic oxidation sites excluding steroid dienone is 4. The van der Waals surface area contributed by atoms with Crippen LogP contribution in [0.25, 0.3) is 0 Å². The highest BCUT2D eigenvalue weighted by Gasteiger charge is 2.76. The third-order valence-electron chi connectivity index (χ3n) is 14.4. The van der Waals surface area contributed by atoms with Gasteiger partial charge in [-0.05, 0) is 88.4 Å². The van der Waals surface area contributed by atoms with E-state index in [-0.39, 0.29) is 54.8 Å². The number of esters is 1. The Morgan fingerprint density at radius 3 is 2.39 bits per heavy atom. The number of aliphatic hydroxyl groups is 5. The monoisotopic (exact) mass is 792 g/mol. The van der Waals surface area contributed by atoms with Crippen LogP contribution in [-0.2, 0) is 23.9 Å². The molecule has 0 saturated heterocycles. The van der Waals surface area contributed by atoms with Gasteiger partial charge in [0.25, 0.3) is 0 Å². The zero-order valence-electron chi connectivity index (χ0n) is 34.1. The molecule has 13 atom stereocenters. The summed E-state index contributed by atoms with van der Waals surface area (Å²) < 4.78 is 36.7. The van der Waals surface area contributed by atoms with Crippen LogP contribution in [-0.4, -0.2) is 97.8 Å². The third-order valence-corrected chi connectivity index (χ3v) is 14.4. The number of halogens is 2. The van der Waals surface area contributed by atoms with Crippen LogP contribution in [0.5, 0.6) is 0 Å². The summed E-state index contributed by atoms with van der Waals surface area (Å²) in [6.45, 7) is 7.91. The van der Waals surface area contributed by atoms with Gasteiger partial charge in [-0.25, -0.2) is 8.78 Å². The number of alkyl halides is 2. The SMILES string of the molecule is CCCCC(C)(O)C/C=C/[C@H]1[C@H](O)CC(=O)[C@@H]1CCCCCCC(=O)OC.C[C@H]1C[C@H]2[C@@H]3C[C@H](F)C4=CC(=O)C=C[C@]4(C)[C@@]3(F)[C@@H](O)C[C@]2(C)[C@@]1(O)C(=O)CO. The molecule has 316 valence electrons. The maximum atomic E-state index is 16.9. The molecular formula is C44H66F2O10. The summed E-state index contributed by atoms with van der Waals surface area (Å²) in [4.78, 5) is 47.7. The Labute approximate surface area is 330 Å². The van der Waals surface area contributed by atoms with Crippen molar-refractivity contribution in [1.82, 2.24) is 0 Å². The molecule has 10 nitrogen and oxygen atoms in total. The maximum Gasteiger partial charge on any atom is 0.305 e. The molecule has 0 radical (unpaired) electrons. The van der Waals surface area contributed by atoms with Crippen molar-refractivity contribution >= 4 is 23.3 Å². The van der Waals surface area contributed by atoms with E-state index in [0.29, 0.717) is 12.8 Å². The lowest BCUT2D eigenvalue weighted by atomic mass is 9.44. The number of rotatable bonds is 15. The molecule has 5 aliphatic rings. The van der Waals surface area contributed by atoms with E-state index in [4.69, 9.17) is 0 Å². The minimum atomic E-state index is -2.24. The van der Waals surface area contributed by atoms with Crippen molar-refractivity contribution in [2.24, 2.45) is 40.4 Å². The molecule has 0 aliphatic heterocycles. The number of carbonyl (C=O) groups excluding carboxylic acids is 4. The van der Waals surface area contributed by atoms with Gasteiger partial charge in [0.2, 0.25) is 0 Å². The van der Waals surface area contributed by atoms with Crippen LogP contribution >= 0.6 is 0 Å². The smallest absolute Gasteiger partial charge is 0.305 e. The van der Waals surface area contributed by atoms with Gasteiger partial charge in [-0.1, -0.05) is 71.1 Å². The number of hydrogen-bond donors (Lipinski definition) is 5. The fourth-order valence-corrected chi connectivity index (χ4v) is 11.1. The molecular weight excluding hydrogens is 726 g/mol. The number of fused-ring (bicyclic) bond motifs is 5. The molecule has 0 amide bonds. The molecule has 0 aromatic rings. The largest absolute Gasteiger partial charge is 0.469 e. The average molecular weight is 793 g/mol. The first kappa shape index (κ1) is 46.1. The van der Waals surface area contributed by atoms with Gasteiger partial charge in [0.05, 0.1) is 24.9 Å². The van der Waals surface area contributed by atoms with E-state index >= 15 is 8.78 Å². The van der Waals surface area contributed by atoms with E-state index < -0.39 is 82.0 Å². The van der Waals surface area contributed by atoms with Crippen molar-refractivity contribution < 1.29 is 58.2 Å². The zero-order valence-corrected chi connectivity index (χ0v) is 34.1. The van der Waals surface area contributed by atoms with Gasteiger partial charge in [-0.2, -0.15) is 0 Å². The number of aliphatic hydroxyl groups excluding tert-OH is 3. The van der Waals surface area contributed by atoms with Crippen LogP contribution in [0, 0.1) is 40.4 Å². The van der Waals surface area contributed by atoms with E-state index in [2.05, 4.69) is 11.7 Å². The van der Waals surface area contributed by atoms with Gasteiger partial charge >= 0.3 is 5.97 Å². The van der Waals surface area contributed by atoms with Gasteiger partial charge in [0.1, 0.15) is 24.2 Å². The summed E-state index contributed by atoms with van der Waals surface area (Å²) in [6, 6.07) is 0. The summed E-state index contributed by atoms with van der Waals surface area (Å²) in [5.74, 6) is -3.55. The summed E-state index contributed by atoms with van der Waals surface area (Å²) in [5.41, 5.74) is -7.54. The fraction of sp³-hybridized carbons (Fsp3) is 0.773. The molecule has 0 aromatic carbocycles. The van der Waals surface area contributed by atoms with Crippen LogP contribution in [0.1, 0.15) is 125 Å². The second-order valence-electron chi connectivity index (χ2n) is 18.0. The maximum absolute atomic E-state index is 16.9. The molecule has 0 bridgehead atoms. The normalized spacial score (nSPS) is 39.9. The lowest BCUT2D eigenvalue weighted by Gasteiger charge is -2.63. The highest BCUT2D eigenvalue weighted by molar-refractivity contribution is 6.01. The lowest BCUT2D eigenvalue weighted by molar-refractivity contribution is -0.223. The van der Waals surface area contributed by atoms with Crippen LogP contribution in [0.4, 0.5) is 8.78 Å². The molecule has 5 aliphatic carbocycles. The molecule has 56 heavy (non-hydrogen) atoms. The Hall–Kier alpha value is -2.64. The zero-order chi connectivity index (χ0) is 41.9. The van der Waals surface area contributed by atoms with E-state index in [0.717, 1.165) is 57.4 Å². The number of methoxy groups -OCH3 is 1. The summed E-state index contributed by atoms with van der Waals surface area (Å²) >= 11 is 0. The number of ether oxygens (including phenoxy) is 1. The Morgan fingerprint density at radius 1 is 1.07 bits per heavy atom. The van der Waals surface area contributed by atoms with E-state index in [9.17, 15) is 44.7 Å². The van der Waals surface area contributed by atoms with E-state index in [1.54, 1.807) is 13.8 Å². The molecule has 1 unspecified atom stereocenters. The topological polar surface area (TPSA) is 179 Å². The minimum absolute atomic E-state index is 0.0409. The van der Waals surface area contributed by atoms with Crippen molar-refractivity contribution in [2.45, 2.75) is 160 Å². The van der Waals surface area contributed by atoms with Crippen LogP contribution in [0.15, 0.2) is 36.0 Å². The van der Waals surface area contributed by atoms with Crippen LogP contribution < -0.4 is 0 Å². The molecule has 4 saturated carbocycles. The van der Waals surface area contributed by atoms with Crippen molar-refractivity contribution in [1.29, 1.82) is 0 Å². The number of hydrogen-bond acceptors (Lipinski definition) is 10. The van der Waals surface area contributed by atoms with Crippen LogP contribution in [0.2, 0.25) is 0 Å². The highest BCUT2D eigenvalue weighted by atomic mass is 19.1.